The van der Waals surface area contributed by atoms with Gasteiger partial charge < -0.3 is 14.8 Å². The van der Waals surface area contributed by atoms with Crippen LogP contribution >= 0.6 is 23.2 Å². The summed E-state index contributed by atoms with van der Waals surface area (Å²) in [7, 11) is 1.61. The van der Waals surface area contributed by atoms with Crippen molar-refractivity contribution in [3.8, 4) is 5.75 Å². The normalized spacial score (nSPS) is 10.3. The Balaban J connectivity index is 2.02. The van der Waals surface area contributed by atoms with Crippen LogP contribution in [-0.2, 0) is 4.74 Å². The van der Waals surface area contributed by atoms with Gasteiger partial charge in [0.1, 0.15) is 12.4 Å². The van der Waals surface area contributed by atoms with Crippen LogP contribution in [0.4, 0.5) is 5.69 Å². The molecule has 0 atom stereocenters. The highest BCUT2D eigenvalue weighted by molar-refractivity contribution is 6.35. The van der Waals surface area contributed by atoms with Crippen LogP contribution in [0.25, 0.3) is 0 Å². The van der Waals surface area contributed by atoms with Crippen molar-refractivity contribution in [1.82, 2.24) is 0 Å². The molecule has 0 heterocycles. The molecule has 0 aromatic heterocycles. The average molecular weight is 340 g/mol. The van der Waals surface area contributed by atoms with E-state index < -0.39 is 0 Å². The van der Waals surface area contributed by atoms with Crippen LogP contribution in [0.2, 0.25) is 10.0 Å². The highest BCUT2D eigenvalue weighted by atomic mass is 35.5. The zero-order chi connectivity index (χ0) is 15.9. The largest absolute Gasteiger partial charge is 0.491 e. The van der Waals surface area contributed by atoms with Gasteiger partial charge in [-0.3, -0.25) is 4.79 Å². The van der Waals surface area contributed by atoms with Crippen LogP contribution in [-0.4, -0.2) is 26.2 Å². The van der Waals surface area contributed by atoms with E-state index in [4.69, 9.17) is 32.7 Å². The summed E-state index contributed by atoms with van der Waals surface area (Å²) in [5, 5.41) is 3.65. The lowest BCUT2D eigenvalue weighted by molar-refractivity contribution is 0.102. The van der Waals surface area contributed by atoms with Crippen LogP contribution in [0.1, 0.15) is 10.4 Å². The second kappa shape index (κ2) is 8.03. The number of anilines is 1. The molecule has 0 aliphatic carbocycles. The minimum atomic E-state index is -0.271. The van der Waals surface area contributed by atoms with Crippen molar-refractivity contribution >= 4 is 34.8 Å². The molecule has 2 aromatic rings. The number of halogens is 2. The molecule has 0 bridgehead atoms. The Morgan fingerprint density at radius 1 is 1.09 bits per heavy atom. The highest BCUT2D eigenvalue weighted by Gasteiger charge is 2.09. The minimum absolute atomic E-state index is 0.271. The number of methoxy groups -OCH3 is 1. The number of hydrogen-bond donors (Lipinski definition) is 1. The Morgan fingerprint density at radius 2 is 1.82 bits per heavy atom. The molecule has 1 N–H and O–H groups in total. The van der Waals surface area contributed by atoms with E-state index in [1.807, 2.05) is 0 Å². The van der Waals surface area contributed by atoms with Gasteiger partial charge in [-0.15, -0.1) is 0 Å². The molecule has 0 saturated carbocycles. The second-order valence-electron chi connectivity index (χ2n) is 4.44. The van der Waals surface area contributed by atoms with Crippen LogP contribution < -0.4 is 10.1 Å². The van der Waals surface area contributed by atoms with E-state index in [1.54, 1.807) is 49.6 Å². The fourth-order valence-corrected chi connectivity index (χ4v) is 2.07. The molecule has 1 amide bonds. The zero-order valence-electron chi connectivity index (χ0n) is 11.9. The van der Waals surface area contributed by atoms with Gasteiger partial charge in [-0.2, -0.15) is 0 Å². The van der Waals surface area contributed by atoms with Crippen molar-refractivity contribution in [1.29, 1.82) is 0 Å². The van der Waals surface area contributed by atoms with Gasteiger partial charge in [0.05, 0.1) is 17.3 Å². The molecule has 0 spiro atoms. The standard InChI is InChI=1S/C16H15Cl2NO3/c1-21-8-9-22-13-5-2-11(3-6-13)16(20)19-15-10-12(17)4-7-14(15)18/h2-7,10H,8-9H2,1H3,(H,19,20). The number of hydrogen-bond acceptors (Lipinski definition) is 3. The molecular weight excluding hydrogens is 325 g/mol. The van der Waals surface area contributed by atoms with Gasteiger partial charge in [0.2, 0.25) is 0 Å². The van der Waals surface area contributed by atoms with Crippen LogP contribution in [0.3, 0.4) is 0 Å². The molecule has 0 aliphatic heterocycles. The quantitative estimate of drug-likeness (QED) is 0.799. The van der Waals surface area contributed by atoms with E-state index >= 15 is 0 Å². The van der Waals surface area contributed by atoms with Gasteiger partial charge in [-0.25, -0.2) is 0 Å². The van der Waals surface area contributed by atoms with E-state index in [2.05, 4.69) is 5.32 Å². The van der Waals surface area contributed by atoms with Gasteiger partial charge in [0.15, 0.2) is 0 Å². The van der Waals surface area contributed by atoms with Crippen molar-refractivity contribution in [3.05, 3.63) is 58.1 Å². The van der Waals surface area contributed by atoms with E-state index in [9.17, 15) is 4.79 Å². The number of rotatable bonds is 6. The summed E-state index contributed by atoms with van der Waals surface area (Å²) in [6.07, 6.45) is 0. The molecule has 0 aliphatic rings. The molecule has 0 radical (unpaired) electrons. The lowest BCUT2D eigenvalue weighted by atomic mass is 10.2. The maximum absolute atomic E-state index is 12.2. The molecular formula is C16H15Cl2NO3. The van der Waals surface area contributed by atoms with Crippen molar-refractivity contribution < 1.29 is 14.3 Å². The maximum atomic E-state index is 12.2. The molecule has 0 unspecified atom stereocenters. The number of amides is 1. The molecule has 0 fully saturated rings. The number of benzene rings is 2. The smallest absolute Gasteiger partial charge is 0.255 e. The predicted octanol–water partition coefficient (Wildman–Crippen LogP) is 4.27. The van der Waals surface area contributed by atoms with Crippen LogP contribution in [0.5, 0.6) is 5.75 Å². The van der Waals surface area contributed by atoms with Gasteiger partial charge in [-0.1, -0.05) is 23.2 Å². The molecule has 6 heteroatoms. The van der Waals surface area contributed by atoms with Crippen LogP contribution in [0, 0.1) is 0 Å². The summed E-state index contributed by atoms with van der Waals surface area (Å²) in [5.41, 5.74) is 0.967. The summed E-state index contributed by atoms with van der Waals surface area (Å²) in [6.45, 7) is 0.968. The number of carbonyl (C=O) groups is 1. The maximum Gasteiger partial charge on any atom is 0.255 e. The highest BCUT2D eigenvalue weighted by Crippen LogP contribution is 2.26. The topological polar surface area (TPSA) is 47.6 Å². The Labute approximate surface area is 138 Å². The van der Waals surface area contributed by atoms with Crippen LogP contribution in [0.15, 0.2) is 42.5 Å². The molecule has 116 valence electrons. The number of ether oxygens (including phenoxy) is 2. The first-order chi connectivity index (χ1) is 10.6. The third-order valence-corrected chi connectivity index (χ3v) is 3.41. The number of nitrogens with one attached hydrogen (secondary N) is 1. The Kier molecular flexibility index (Phi) is 6.07. The van der Waals surface area contributed by atoms with Gasteiger partial charge in [-0.05, 0) is 42.5 Å². The third-order valence-electron chi connectivity index (χ3n) is 2.85. The van der Waals surface area contributed by atoms with Crippen molar-refractivity contribution in [2.24, 2.45) is 0 Å². The monoisotopic (exact) mass is 339 g/mol. The second-order valence-corrected chi connectivity index (χ2v) is 5.29. The van der Waals surface area contributed by atoms with E-state index in [0.29, 0.717) is 40.3 Å². The molecule has 0 saturated heterocycles. The molecule has 2 rings (SSSR count). The lowest BCUT2D eigenvalue weighted by Crippen LogP contribution is -2.12. The van der Waals surface area contributed by atoms with Gasteiger partial charge >= 0.3 is 0 Å². The Morgan fingerprint density at radius 3 is 2.50 bits per heavy atom. The SMILES string of the molecule is COCCOc1ccc(C(=O)Nc2cc(Cl)ccc2Cl)cc1. The summed E-state index contributed by atoms with van der Waals surface area (Å²) >= 11 is 11.9. The predicted molar refractivity (Wildman–Crippen MR) is 88.2 cm³/mol. The van der Waals surface area contributed by atoms with E-state index in [-0.39, 0.29) is 5.91 Å². The summed E-state index contributed by atoms with van der Waals surface area (Å²) in [6, 6.07) is 11.7. The van der Waals surface area contributed by atoms with Crippen molar-refractivity contribution in [3.63, 3.8) is 0 Å². The first kappa shape index (κ1) is 16.6. The third kappa shape index (κ3) is 4.63. The molecule has 22 heavy (non-hydrogen) atoms. The molecule has 2 aromatic carbocycles. The van der Waals surface area contributed by atoms with Crippen molar-refractivity contribution in [2.75, 3.05) is 25.6 Å². The zero-order valence-corrected chi connectivity index (χ0v) is 13.4. The molecule has 4 nitrogen and oxygen atoms in total. The van der Waals surface area contributed by atoms with Gasteiger partial charge in [0.25, 0.3) is 5.91 Å². The van der Waals surface area contributed by atoms with E-state index in [1.165, 1.54) is 0 Å². The number of carbonyl (C=O) groups excluding carboxylic acids is 1. The summed E-state index contributed by atoms with van der Waals surface area (Å²) in [5.74, 6) is 0.405. The average Bonchev–Trinajstić information content (AvgIpc) is 2.52. The minimum Gasteiger partial charge on any atom is -0.491 e. The van der Waals surface area contributed by atoms with Gasteiger partial charge in [0, 0.05) is 17.7 Å². The fourth-order valence-electron chi connectivity index (χ4n) is 1.73. The first-order valence-electron chi connectivity index (χ1n) is 6.58. The first-order valence-corrected chi connectivity index (χ1v) is 7.34. The van der Waals surface area contributed by atoms with Crippen molar-refractivity contribution in [2.45, 2.75) is 0 Å². The van der Waals surface area contributed by atoms with E-state index in [0.717, 1.165) is 0 Å². The Bertz CT molecular complexity index is 644. The summed E-state index contributed by atoms with van der Waals surface area (Å²) < 4.78 is 10.3. The Hall–Kier alpha value is -1.75. The lowest BCUT2D eigenvalue weighted by Gasteiger charge is -2.09. The fraction of sp³-hybridized carbons (Fsp3) is 0.188. The summed E-state index contributed by atoms with van der Waals surface area (Å²) in [4.78, 5) is 12.2.